The lowest BCUT2D eigenvalue weighted by Gasteiger charge is -2.36. The number of aromatic nitrogens is 2. The number of hydrogen-bond acceptors (Lipinski definition) is 7. The number of ether oxygens (including phenoxy) is 2. The molecule has 2 heterocycles. The minimum Gasteiger partial charge on any atom is -0.493 e. The van der Waals surface area contributed by atoms with Crippen molar-refractivity contribution in [3.05, 3.63) is 52.8 Å². The van der Waals surface area contributed by atoms with E-state index in [1.807, 2.05) is 35.7 Å². The molecule has 1 aliphatic heterocycles. The predicted octanol–water partition coefficient (Wildman–Crippen LogP) is 3.64. The van der Waals surface area contributed by atoms with Crippen molar-refractivity contribution >= 4 is 29.5 Å². The van der Waals surface area contributed by atoms with Crippen molar-refractivity contribution in [2.75, 3.05) is 25.7 Å². The van der Waals surface area contributed by atoms with E-state index in [2.05, 4.69) is 40.6 Å². The van der Waals surface area contributed by atoms with E-state index in [1.165, 1.54) is 5.56 Å². The van der Waals surface area contributed by atoms with Crippen molar-refractivity contribution in [2.24, 2.45) is 0 Å². The zero-order valence-corrected chi connectivity index (χ0v) is 17.8. The molecule has 0 saturated carbocycles. The third-order valence-corrected chi connectivity index (χ3v) is 7.59. The van der Waals surface area contributed by atoms with E-state index < -0.39 is 0 Å². The van der Waals surface area contributed by atoms with Crippen molar-refractivity contribution < 1.29 is 14.3 Å². The van der Waals surface area contributed by atoms with Gasteiger partial charge in [-0.1, -0.05) is 11.8 Å². The molecule has 0 saturated heterocycles. The fourth-order valence-corrected chi connectivity index (χ4v) is 5.04. The number of carbonyl (C=O) groups is 1. The molecule has 0 aliphatic carbocycles. The Morgan fingerprint density at radius 3 is 2.79 bits per heavy atom. The molecule has 3 rings (SSSR count). The minimum atomic E-state index is -0.318. The highest BCUT2D eigenvalue weighted by Gasteiger charge is 2.36. The number of hydrogen-bond donors (Lipinski definition) is 0. The molecule has 0 bridgehead atoms. The summed E-state index contributed by atoms with van der Waals surface area (Å²) in [6.45, 7) is 2.85. The van der Waals surface area contributed by atoms with Gasteiger partial charge in [0.25, 0.3) is 0 Å². The second-order valence-corrected chi connectivity index (χ2v) is 8.61. The van der Waals surface area contributed by atoms with E-state index in [9.17, 15) is 4.79 Å². The Hall–Kier alpha value is -2.17. The maximum atomic E-state index is 11.6. The minimum absolute atomic E-state index is 0.00367. The molecule has 0 spiro atoms. The number of carbonyl (C=O) groups excluding carboxylic acids is 1. The fraction of sp³-hybridized carbons (Fsp3) is 0.381. The Morgan fingerprint density at radius 1 is 1.25 bits per heavy atom. The fourth-order valence-electron chi connectivity index (χ4n) is 3.04. The molecule has 2 aromatic rings. The van der Waals surface area contributed by atoms with E-state index >= 15 is 0 Å². The van der Waals surface area contributed by atoms with Gasteiger partial charge >= 0.3 is 5.97 Å². The standard InChI is InChI=1S/C21H22N2O3S2/c1-4-25-20(24)13-17-11-16(14-22-23-17)6-5-15-7-8-19-18(12-15)21(27-2,28-3)9-10-26-19/h7-8,11-12,14H,4,9-10,13H2,1-3H3. The average molecular weight is 415 g/mol. The second kappa shape index (κ2) is 9.35. The first kappa shape index (κ1) is 20.6. The van der Waals surface area contributed by atoms with Crippen LogP contribution in [0.5, 0.6) is 5.75 Å². The van der Waals surface area contributed by atoms with Gasteiger partial charge in [0.15, 0.2) is 0 Å². The summed E-state index contributed by atoms with van der Waals surface area (Å²) in [5.74, 6) is 6.93. The lowest BCUT2D eigenvalue weighted by atomic mass is 10.0. The lowest BCUT2D eigenvalue weighted by molar-refractivity contribution is -0.142. The zero-order valence-electron chi connectivity index (χ0n) is 16.2. The highest BCUT2D eigenvalue weighted by Crippen LogP contribution is 2.52. The van der Waals surface area contributed by atoms with E-state index in [1.54, 1.807) is 19.2 Å². The van der Waals surface area contributed by atoms with Gasteiger partial charge < -0.3 is 9.47 Å². The Bertz CT molecular complexity index is 917. The summed E-state index contributed by atoms with van der Waals surface area (Å²) in [6, 6.07) is 7.85. The van der Waals surface area contributed by atoms with Crippen LogP contribution in [0.3, 0.4) is 0 Å². The summed E-state index contributed by atoms with van der Waals surface area (Å²) in [5, 5.41) is 7.92. The summed E-state index contributed by atoms with van der Waals surface area (Å²) >= 11 is 3.69. The van der Waals surface area contributed by atoms with Crippen molar-refractivity contribution in [3.63, 3.8) is 0 Å². The molecule has 0 unspecified atom stereocenters. The predicted molar refractivity (Wildman–Crippen MR) is 114 cm³/mol. The van der Waals surface area contributed by atoms with Crippen LogP contribution in [0.4, 0.5) is 0 Å². The SMILES string of the molecule is CCOC(=O)Cc1cc(C#Cc2ccc3c(c2)C(SC)(SC)CCO3)cnn1. The van der Waals surface area contributed by atoms with Gasteiger partial charge in [0.1, 0.15) is 5.75 Å². The molecule has 0 radical (unpaired) electrons. The van der Waals surface area contributed by atoms with Crippen molar-refractivity contribution in [2.45, 2.75) is 23.8 Å². The van der Waals surface area contributed by atoms with Gasteiger partial charge in [-0.2, -0.15) is 10.2 Å². The monoisotopic (exact) mass is 414 g/mol. The number of rotatable bonds is 5. The average Bonchev–Trinajstić information content (AvgIpc) is 2.72. The summed E-state index contributed by atoms with van der Waals surface area (Å²) < 4.78 is 10.8. The smallest absolute Gasteiger partial charge is 0.311 e. The molecule has 1 aromatic carbocycles. The zero-order chi connectivity index (χ0) is 20.0. The van der Waals surface area contributed by atoms with Gasteiger partial charge in [-0.25, -0.2) is 0 Å². The van der Waals surface area contributed by atoms with Crippen molar-refractivity contribution in [3.8, 4) is 17.6 Å². The normalized spacial score (nSPS) is 14.2. The Kier molecular flexibility index (Phi) is 6.87. The van der Waals surface area contributed by atoms with Gasteiger partial charge in [-0.15, -0.1) is 23.5 Å². The third-order valence-electron chi connectivity index (χ3n) is 4.43. The van der Waals surface area contributed by atoms with Gasteiger partial charge in [0, 0.05) is 23.1 Å². The summed E-state index contributed by atoms with van der Waals surface area (Å²) in [5.41, 5.74) is 3.36. The molecule has 5 nitrogen and oxygen atoms in total. The molecule has 0 fully saturated rings. The van der Waals surface area contributed by atoms with E-state index in [0.717, 1.165) is 24.3 Å². The summed E-state index contributed by atoms with van der Waals surface area (Å²) in [4.78, 5) is 11.6. The van der Waals surface area contributed by atoms with Gasteiger partial charge in [-0.3, -0.25) is 4.79 Å². The molecule has 0 amide bonds. The number of nitrogens with zero attached hydrogens (tertiary/aromatic N) is 2. The topological polar surface area (TPSA) is 61.3 Å². The van der Waals surface area contributed by atoms with Crippen LogP contribution < -0.4 is 4.74 Å². The second-order valence-electron chi connectivity index (χ2n) is 6.14. The first-order valence-corrected chi connectivity index (χ1v) is 11.4. The Labute approximate surface area is 174 Å². The van der Waals surface area contributed by atoms with E-state index in [4.69, 9.17) is 9.47 Å². The van der Waals surface area contributed by atoms with Crippen LogP contribution in [0.15, 0.2) is 30.5 Å². The molecule has 28 heavy (non-hydrogen) atoms. The van der Waals surface area contributed by atoms with Crippen molar-refractivity contribution in [1.82, 2.24) is 10.2 Å². The first-order valence-electron chi connectivity index (χ1n) is 8.97. The highest BCUT2D eigenvalue weighted by atomic mass is 32.2. The molecule has 0 atom stereocenters. The lowest BCUT2D eigenvalue weighted by Crippen LogP contribution is -2.26. The van der Waals surface area contributed by atoms with Gasteiger partial charge in [-0.05, 0) is 43.7 Å². The van der Waals surface area contributed by atoms with Crippen molar-refractivity contribution in [1.29, 1.82) is 0 Å². The third kappa shape index (κ3) is 4.62. The number of esters is 1. The number of benzene rings is 1. The number of fused-ring (bicyclic) bond motifs is 1. The van der Waals surface area contributed by atoms with Crippen LogP contribution in [-0.2, 0) is 20.0 Å². The maximum Gasteiger partial charge on any atom is 0.311 e. The van der Waals surface area contributed by atoms with Gasteiger partial charge in [0.05, 0.1) is 35.6 Å². The van der Waals surface area contributed by atoms with Crippen LogP contribution in [0, 0.1) is 11.8 Å². The van der Waals surface area contributed by atoms with Crippen LogP contribution in [0.1, 0.15) is 35.7 Å². The largest absolute Gasteiger partial charge is 0.493 e. The molecule has 7 heteroatoms. The summed E-state index contributed by atoms with van der Waals surface area (Å²) in [6.07, 6.45) is 6.92. The van der Waals surface area contributed by atoms with Crippen LogP contribution >= 0.6 is 23.5 Å². The van der Waals surface area contributed by atoms with E-state index in [-0.39, 0.29) is 16.5 Å². The molecular formula is C21H22N2O3S2. The maximum absolute atomic E-state index is 11.6. The molecule has 0 N–H and O–H groups in total. The number of thioether (sulfide) groups is 2. The van der Waals surface area contributed by atoms with Crippen LogP contribution in [0.2, 0.25) is 0 Å². The molecular weight excluding hydrogens is 392 g/mol. The van der Waals surface area contributed by atoms with Gasteiger partial charge in [0.2, 0.25) is 0 Å². The summed E-state index contributed by atoms with van der Waals surface area (Å²) in [7, 11) is 0. The Morgan fingerprint density at radius 2 is 2.04 bits per heavy atom. The van der Waals surface area contributed by atoms with E-state index in [0.29, 0.717) is 17.9 Å². The molecule has 1 aliphatic rings. The molecule has 1 aromatic heterocycles. The molecule has 146 valence electrons. The van der Waals surface area contributed by atoms with Crippen LogP contribution in [-0.4, -0.2) is 41.9 Å². The Balaban J connectivity index is 1.84. The van der Waals surface area contributed by atoms with Crippen LogP contribution in [0.25, 0.3) is 0 Å². The first-order chi connectivity index (χ1) is 13.6. The quantitative estimate of drug-likeness (QED) is 0.420. The highest BCUT2D eigenvalue weighted by molar-refractivity contribution is 8.16.